The van der Waals surface area contributed by atoms with Gasteiger partial charge in [0.25, 0.3) is 0 Å². The summed E-state index contributed by atoms with van der Waals surface area (Å²) >= 11 is 0. The quantitative estimate of drug-likeness (QED) is 0.699. The van der Waals surface area contributed by atoms with Gasteiger partial charge in [-0.15, -0.1) is 25.5 Å². The summed E-state index contributed by atoms with van der Waals surface area (Å²) in [4.78, 5) is 4.59. The number of piperazine rings is 1. The average Bonchev–Trinajstić information content (AvgIpc) is 3.24. The number of anilines is 1. The minimum atomic E-state index is 0.266. The normalized spacial score (nSPS) is 16.4. The van der Waals surface area contributed by atoms with E-state index in [0.717, 1.165) is 37.6 Å². The van der Waals surface area contributed by atoms with Crippen LogP contribution in [0.5, 0.6) is 0 Å². The zero-order valence-corrected chi connectivity index (χ0v) is 13.8. The molecule has 24 heavy (non-hydrogen) atoms. The minimum absolute atomic E-state index is 0.266. The summed E-state index contributed by atoms with van der Waals surface area (Å²) in [6.45, 7) is 8.48. The van der Waals surface area contributed by atoms with Gasteiger partial charge in [0, 0.05) is 32.1 Å². The van der Waals surface area contributed by atoms with Crippen molar-refractivity contribution in [3.8, 4) is 0 Å². The molecule has 0 N–H and O–H groups in total. The van der Waals surface area contributed by atoms with Gasteiger partial charge in [-0.05, 0) is 12.1 Å². The second-order valence-corrected chi connectivity index (χ2v) is 6.28. The van der Waals surface area contributed by atoms with Crippen molar-refractivity contribution in [1.29, 1.82) is 0 Å². The predicted molar refractivity (Wildman–Crippen MR) is 86.7 cm³/mol. The van der Waals surface area contributed by atoms with Crippen molar-refractivity contribution in [2.24, 2.45) is 0 Å². The largest absolute Gasteiger partial charge is 0.424 e. The van der Waals surface area contributed by atoms with Crippen LogP contribution in [0.15, 0.2) is 22.9 Å². The number of hydrogen-bond acceptors (Lipinski definition) is 8. The van der Waals surface area contributed by atoms with Crippen molar-refractivity contribution in [3.63, 3.8) is 0 Å². The van der Waals surface area contributed by atoms with Crippen molar-refractivity contribution in [2.45, 2.75) is 26.3 Å². The monoisotopic (exact) mass is 328 g/mol. The van der Waals surface area contributed by atoms with Crippen molar-refractivity contribution < 1.29 is 4.42 Å². The van der Waals surface area contributed by atoms with Crippen LogP contribution in [0.4, 0.5) is 5.82 Å². The SMILES string of the molecule is CC(C)c1nnc(CN2CCN(c3ccc4nncn4n3)CC2)o1. The fourth-order valence-corrected chi connectivity index (χ4v) is 2.78. The second kappa shape index (κ2) is 6.16. The topological polar surface area (TPSA) is 88.5 Å². The molecule has 3 aromatic rings. The van der Waals surface area contributed by atoms with E-state index in [2.05, 4.69) is 49.1 Å². The maximum Gasteiger partial charge on any atom is 0.230 e. The Morgan fingerprint density at radius 3 is 2.67 bits per heavy atom. The average molecular weight is 328 g/mol. The lowest BCUT2D eigenvalue weighted by Crippen LogP contribution is -2.46. The van der Waals surface area contributed by atoms with Crippen LogP contribution in [0, 0.1) is 0 Å². The highest BCUT2D eigenvalue weighted by molar-refractivity contribution is 5.45. The standard InChI is InChI=1S/C15H20N8O/c1-11(2)15-19-18-14(24-15)9-21-5-7-22(8-6-21)13-4-3-12-17-16-10-23(12)20-13/h3-4,10-11H,5-9H2,1-2H3. The van der Waals surface area contributed by atoms with Gasteiger partial charge in [0.1, 0.15) is 12.1 Å². The second-order valence-electron chi connectivity index (χ2n) is 6.28. The molecule has 9 nitrogen and oxygen atoms in total. The highest BCUT2D eigenvalue weighted by Crippen LogP contribution is 2.16. The van der Waals surface area contributed by atoms with Crippen LogP contribution in [-0.4, -0.2) is 61.1 Å². The van der Waals surface area contributed by atoms with Gasteiger partial charge < -0.3 is 9.32 Å². The fourth-order valence-electron chi connectivity index (χ4n) is 2.78. The van der Waals surface area contributed by atoms with Crippen LogP contribution >= 0.6 is 0 Å². The molecule has 3 aromatic heterocycles. The maximum atomic E-state index is 5.69. The van der Waals surface area contributed by atoms with Crippen LogP contribution < -0.4 is 4.90 Å². The number of aromatic nitrogens is 6. The van der Waals surface area contributed by atoms with Gasteiger partial charge in [-0.3, -0.25) is 4.90 Å². The molecule has 4 heterocycles. The zero-order valence-electron chi connectivity index (χ0n) is 13.8. The van der Waals surface area contributed by atoms with E-state index in [-0.39, 0.29) is 5.92 Å². The lowest BCUT2D eigenvalue weighted by atomic mass is 10.2. The van der Waals surface area contributed by atoms with Gasteiger partial charge in [0.15, 0.2) is 5.65 Å². The summed E-state index contributed by atoms with van der Waals surface area (Å²) in [5, 5.41) is 20.6. The highest BCUT2D eigenvalue weighted by Gasteiger charge is 2.20. The summed E-state index contributed by atoms with van der Waals surface area (Å²) in [5.41, 5.74) is 0.759. The smallest absolute Gasteiger partial charge is 0.230 e. The van der Waals surface area contributed by atoms with Crippen LogP contribution in [0.1, 0.15) is 31.5 Å². The third-order valence-corrected chi connectivity index (χ3v) is 4.18. The zero-order chi connectivity index (χ0) is 16.5. The first-order valence-electron chi connectivity index (χ1n) is 8.16. The summed E-state index contributed by atoms with van der Waals surface area (Å²) in [6.07, 6.45) is 1.62. The molecule has 0 amide bonds. The third-order valence-electron chi connectivity index (χ3n) is 4.18. The fraction of sp³-hybridized carbons (Fsp3) is 0.533. The van der Waals surface area contributed by atoms with Gasteiger partial charge in [0.05, 0.1) is 6.54 Å². The Morgan fingerprint density at radius 2 is 1.92 bits per heavy atom. The highest BCUT2D eigenvalue weighted by atomic mass is 16.4. The van der Waals surface area contributed by atoms with Crippen LogP contribution in [-0.2, 0) is 6.54 Å². The molecule has 0 aliphatic carbocycles. The first-order chi connectivity index (χ1) is 11.7. The molecule has 0 saturated carbocycles. The van der Waals surface area contributed by atoms with Crippen LogP contribution in [0.3, 0.4) is 0 Å². The van der Waals surface area contributed by atoms with Crippen molar-refractivity contribution >= 4 is 11.5 Å². The van der Waals surface area contributed by atoms with E-state index in [0.29, 0.717) is 18.3 Å². The van der Waals surface area contributed by atoms with Crippen LogP contribution in [0.25, 0.3) is 5.65 Å². The van der Waals surface area contributed by atoms with E-state index < -0.39 is 0 Å². The summed E-state index contributed by atoms with van der Waals surface area (Å²) < 4.78 is 7.39. The molecular weight excluding hydrogens is 308 g/mol. The molecule has 9 heteroatoms. The number of rotatable bonds is 4. The lowest BCUT2D eigenvalue weighted by molar-refractivity contribution is 0.223. The molecule has 0 aromatic carbocycles. The van der Waals surface area contributed by atoms with E-state index >= 15 is 0 Å². The van der Waals surface area contributed by atoms with Gasteiger partial charge in [-0.1, -0.05) is 13.8 Å². The first kappa shape index (κ1) is 15.0. The molecule has 1 fully saturated rings. The Labute approximate surface area is 139 Å². The summed E-state index contributed by atoms with van der Waals surface area (Å²) in [5.74, 6) is 2.61. The molecule has 0 radical (unpaired) electrons. The first-order valence-corrected chi connectivity index (χ1v) is 8.16. The third kappa shape index (κ3) is 2.94. The number of nitrogens with zero attached hydrogens (tertiary/aromatic N) is 8. The van der Waals surface area contributed by atoms with Crippen molar-refractivity contribution in [2.75, 3.05) is 31.1 Å². The van der Waals surface area contributed by atoms with E-state index in [1.807, 2.05) is 12.1 Å². The van der Waals surface area contributed by atoms with Crippen molar-refractivity contribution in [3.05, 3.63) is 30.2 Å². The molecule has 1 aliphatic heterocycles. The van der Waals surface area contributed by atoms with Gasteiger partial charge >= 0.3 is 0 Å². The Hall–Kier alpha value is -2.55. The molecule has 126 valence electrons. The van der Waals surface area contributed by atoms with E-state index in [4.69, 9.17) is 4.42 Å². The molecule has 4 rings (SSSR count). The molecule has 1 saturated heterocycles. The molecule has 0 unspecified atom stereocenters. The lowest BCUT2D eigenvalue weighted by Gasteiger charge is -2.34. The van der Waals surface area contributed by atoms with E-state index in [9.17, 15) is 0 Å². The summed E-state index contributed by atoms with van der Waals surface area (Å²) in [6, 6.07) is 3.93. The van der Waals surface area contributed by atoms with Gasteiger partial charge in [-0.2, -0.15) is 4.52 Å². The van der Waals surface area contributed by atoms with E-state index in [1.54, 1.807) is 10.8 Å². The van der Waals surface area contributed by atoms with E-state index in [1.165, 1.54) is 0 Å². The van der Waals surface area contributed by atoms with Gasteiger partial charge in [0.2, 0.25) is 11.8 Å². The molecular formula is C15H20N8O. The predicted octanol–water partition coefficient (Wildman–Crippen LogP) is 0.953. The van der Waals surface area contributed by atoms with Crippen molar-refractivity contribution in [1.82, 2.24) is 34.9 Å². The molecule has 1 aliphatic rings. The Balaban J connectivity index is 1.37. The Morgan fingerprint density at radius 1 is 1.08 bits per heavy atom. The minimum Gasteiger partial charge on any atom is -0.424 e. The number of hydrogen-bond donors (Lipinski definition) is 0. The van der Waals surface area contributed by atoms with Crippen LogP contribution in [0.2, 0.25) is 0 Å². The maximum absolute atomic E-state index is 5.69. The Kier molecular flexibility index (Phi) is 3.85. The molecule has 0 spiro atoms. The molecule has 0 bridgehead atoms. The molecule has 0 atom stereocenters. The Bertz CT molecular complexity index is 818. The van der Waals surface area contributed by atoms with Gasteiger partial charge in [-0.25, -0.2) is 0 Å². The summed E-state index contributed by atoms with van der Waals surface area (Å²) in [7, 11) is 0. The number of fused-ring (bicyclic) bond motifs is 1.